The second-order valence-corrected chi connectivity index (χ2v) is 6.23. The number of rotatable bonds is 5. The molecule has 0 aliphatic carbocycles. The molecule has 1 atom stereocenters. The van der Waals surface area contributed by atoms with Crippen LogP contribution in [-0.2, 0) is 6.42 Å². The highest BCUT2D eigenvalue weighted by Gasteiger charge is 2.15. The normalized spacial score (nSPS) is 13.1. The molecule has 104 valence electrons. The van der Waals surface area contributed by atoms with E-state index in [4.69, 9.17) is 5.73 Å². The van der Waals surface area contributed by atoms with Gasteiger partial charge in [-0.2, -0.15) is 4.98 Å². The zero-order valence-corrected chi connectivity index (χ0v) is 12.8. The SMILES string of the molecule is CCc1cc2c(NC(CC)C(C)C)nc(N)nc2s1. The van der Waals surface area contributed by atoms with Gasteiger partial charge in [0.1, 0.15) is 10.6 Å². The number of aromatic nitrogens is 2. The summed E-state index contributed by atoms with van der Waals surface area (Å²) in [5, 5.41) is 4.62. The topological polar surface area (TPSA) is 63.8 Å². The average molecular weight is 278 g/mol. The minimum Gasteiger partial charge on any atom is -0.368 e. The Bertz CT molecular complexity index is 562. The summed E-state index contributed by atoms with van der Waals surface area (Å²) in [5.41, 5.74) is 5.81. The van der Waals surface area contributed by atoms with Crippen molar-refractivity contribution in [3.63, 3.8) is 0 Å². The molecule has 5 heteroatoms. The highest BCUT2D eigenvalue weighted by atomic mass is 32.1. The van der Waals surface area contributed by atoms with Gasteiger partial charge in [-0.15, -0.1) is 11.3 Å². The van der Waals surface area contributed by atoms with Crippen LogP contribution >= 0.6 is 11.3 Å². The monoisotopic (exact) mass is 278 g/mol. The average Bonchev–Trinajstić information content (AvgIpc) is 2.78. The molecule has 3 N–H and O–H groups in total. The van der Waals surface area contributed by atoms with E-state index in [0.717, 1.165) is 28.9 Å². The van der Waals surface area contributed by atoms with E-state index in [1.165, 1.54) is 4.88 Å². The Morgan fingerprint density at radius 3 is 2.63 bits per heavy atom. The summed E-state index contributed by atoms with van der Waals surface area (Å²) in [5.74, 6) is 1.78. The summed E-state index contributed by atoms with van der Waals surface area (Å²) in [7, 11) is 0. The lowest BCUT2D eigenvalue weighted by Crippen LogP contribution is -2.25. The Morgan fingerprint density at radius 1 is 1.32 bits per heavy atom. The predicted octanol–water partition coefficient (Wildman–Crippen LogP) is 3.68. The number of hydrogen-bond acceptors (Lipinski definition) is 5. The fourth-order valence-electron chi connectivity index (χ4n) is 2.19. The number of nitrogens with zero attached hydrogens (tertiary/aromatic N) is 2. The number of thiophene rings is 1. The Kier molecular flexibility index (Phi) is 4.24. The van der Waals surface area contributed by atoms with Crippen molar-refractivity contribution in [1.82, 2.24) is 9.97 Å². The molecule has 19 heavy (non-hydrogen) atoms. The van der Waals surface area contributed by atoms with Crippen molar-refractivity contribution in [1.29, 1.82) is 0 Å². The number of nitrogens with two attached hydrogens (primary N) is 1. The van der Waals surface area contributed by atoms with Gasteiger partial charge in [0.15, 0.2) is 0 Å². The summed E-state index contributed by atoms with van der Waals surface area (Å²) in [4.78, 5) is 11.0. The molecule has 4 nitrogen and oxygen atoms in total. The van der Waals surface area contributed by atoms with E-state index in [2.05, 4.69) is 49.0 Å². The van der Waals surface area contributed by atoms with Gasteiger partial charge in [-0.05, 0) is 24.8 Å². The van der Waals surface area contributed by atoms with Gasteiger partial charge >= 0.3 is 0 Å². The lowest BCUT2D eigenvalue weighted by Gasteiger charge is -2.21. The first-order chi connectivity index (χ1) is 9.05. The lowest BCUT2D eigenvalue weighted by atomic mass is 10.0. The molecule has 0 radical (unpaired) electrons. The van der Waals surface area contributed by atoms with Gasteiger partial charge in [0.25, 0.3) is 0 Å². The smallest absolute Gasteiger partial charge is 0.223 e. The molecule has 0 amide bonds. The molecule has 0 bridgehead atoms. The van der Waals surface area contributed by atoms with Gasteiger partial charge in [0.05, 0.1) is 5.39 Å². The van der Waals surface area contributed by atoms with Gasteiger partial charge in [-0.3, -0.25) is 0 Å². The van der Waals surface area contributed by atoms with Crippen LogP contribution in [0.4, 0.5) is 11.8 Å². The van der Waals surface area contributed by atoms with Crippen LogP contribution in [0, 0.1) is 5.92 Å². The lowest BCUT2D eigenvalue weighted by molar-refractivity contribution is 0.510. The molecule has 1 unspecified atom stereocenters. The van der Waals surface area contributed by atoms with Crippen LogP contribution in [0.1, 0.15) is 39.0 Å². The van der Waals surface area contributed by atoms with E-state index >= 15 is 0 Å². The fraction of sp³-hybridized carbons (Fsp3) is 0.571. The molecule has 0 aromatic carbocycles. The summed E-state index contributed by atoms with van der Waals surface area (Å²) < 4.78 is 0. The van der Waals surface area contributed by atoms with Crippen molar-refractivity contribution in [2.45, 2.75) is 46.6 Å². The number of nitrogen functional groups attached to an aromatic ring is 1. The number of nitrogens with one attached hydrogen (secondary N) is 1. The van der Waals surface area contributed by atoms with Crippen molar-refractivity contribution in [3.8, 4) is 0 Å². The summed E-state index contributed by atoms with van der Waals surface area (Å²) in [6.07, 6.45) is 2.08. The maximum absolute atomic E-state index is 5.81. The van der Waals surface area contributed by atoms with E-state index in [0.29, 0.717) is 17.9 Å². The quantitative estimate of drug-likeness (QED) is 0.875. The number of aryl methyl sites for hydroxylation is 1. The van der Waals surface area contributed by atoms with Crippen LogP contribution in [0.5, 0.6) is 0 Å². The maximum Gasteiger partial charge on any atom is 0.223 e. The number of anilines is 2. The standard InChI is InChI=1S/C14H22N4S/c1-5-9-7-10-12(16-11(6-2)8(3)4)17-14(15)18-13(10)19-9/h7-8,11H,5-6H2,1-4H3,(H3,15,16,17,18). The van der Waals surface area contributed by atoms with Crippen LogP contribution in [0.2, 0.25) is 0 Å². The third-order valence-electron chi connectivity index (χ3n) is 3.38. The Hall–Kier alpha value is -1.36. The summed E-state index contributed by atoms with van der Waals surface area (Å²) >= 11 is 1.70. The Balaban J connectivity index is 2.43. The van der Waals surface area contributed by atoms with Crippen molar-refractivity contribution >= 4 is 33.3 Å². The van der Waals surface area contributed by atoms with E-state index in [-0.39, 0.29) is 0 Å². The first-order valence-electron chi connectivity index (χ1n) is 6.87. The van der Waals surface area contributed by atoms with E-state index in [1.807, 2.05) is 0 Å². The highest BCUT2D eigenvalue weighted by Crippen LogP contribution is 2.30. The molecule has 2 aromatic rings. The predicted molar refractivity (Wildman–Crippen MR) is 83.7 cm³/mol. The van der Waals surface area contributed by atoms with Gasteiger partial charge in [-0.25, -0.2) is 4.98 Å². The third-order valence-corrected chi connectivity index (χ3v) is 4.55. The first-order valence-corrected chi connectivity index (χ1v) is 7.69. The second-order valence-electron chi connectivity index (χ2n) is 5.12. The first kappa shape index (κ1) is 14.1. The van der Waals surface area contributed by atoms with E-state index < -0.39 is 0 Å². The molecule has 0 saturated heterocycles. The Labute approximate surface area is 118 Å². The fourth-order valence-corrected chi connectivity index (χ4v) is 3.16. The maximum atomic E-state index is 5.81. The van der Waals surface area contributed by atoms with Crippen molar-refractivity contribution in [2.24, 2.45) is 5.92 Å². The minimum atomic E-state index is 0.345. The third kappa shape index (κ3) is 2.97. The summed E-state index contributed by atoms with van der Waals surface area (Å²) in [6, 6.07) is 2.58. The van der Waals surface area contributed by atoms with Gasteiger partial charge in [-0.1, -0.05) is 27.7 Å². The molecule has 0 aliphatic rings. The number of fused-ring (bicyclic) bond motifs is 1. The molecular formula is C14H22N4S. The van der Waals surface area contributed by atoms with Crippen LogP contribution < -0.4 is 11.1 Å². The molecule has 0 fully saturated rings. The largest absolute Gasteiger partial charge is 0.368 e. The van der Waals surface area contributed by atoms with Gasteiger partial charge in [0.2, 0.25) is 5.95 Å². The molecule has 0 saturated carbocycles. The second kappa shape index (κ2) is 5.74. The molecule has 2 aromatic heterocycles. The molecule has 0 spiro atoms. The zero-order chi connectivity index (χ0) is 14.0. The van der Waals surface area contributed by atoms with Crippen LogP contribution in [0.25, 0.3) is 10.2 Å². The van der Waals surface area contributed by atoms with Crippen molar-refractivity contribution in [3.05, 3.63) is 10.9 Å². The van der Waals surface area contributed by atoms with E-state index in [9.17, 15) is 0 Å². The molecule has 2 rings (SSSR count). The zero-order valence-electron chi connectivity index (χ0n) is 12.0. The van der Waals surface area contributed by atoms with Gasteiger partial charge < -0.3 is 11.1 Å². The molecule has 2 heterocycles. The summed E-state index contributed by atoms with van der Waals surface area (Å²) in [6.45, 7) is 8.77. The van der Waals surface area contributed by atoms with Crippen LogP contribution in [0.15, 0.2) is 6.07 Å². The van der Waals surface area contributed by atoms with Crippen LogP contribution in [-0.4, -0.2) is 16.0 Å². The minimum absolute atomic E-state index is 0.345. The highest BCUT2D eigenvalue weighted by molar-refractivity contribution is 7.18. The van der Waals surface area contributed by atoms with Crippen molar-refractivity contribution < 1.29 is 0 Å². The molecule has 0 aliphatic heterocycles. The van der Waals surface area contributed by atoms with Crippen LogP contribution in [0.3, 0.4) is 0 Å². The van der Waals surface area contributed by atoms with E-state index in [1.54, 1.807) is 11.3 Å². The number of hydrogen-bond donors (Lipinski definition) is 2. The van der Waals surface area contributed by atoms with Gasteiger partial charge in [0, 0.05) is 10.9 Å². The Morgan fingerprint density at radius 2 is 2.05 bits per heavy atom. The van der Waals surface area contributed by atoms with Crippen molar-refractivity contribution in [2.75, 3.05) is 11.1 Å². The molecular weight excluding hydrogens is 256 g/mol.